The van der Waals surface area contributed by atoms with Crippen molar-refractivity contribution < 1.29 is 4.92 Å². The molecule has 3 unspecified atom stereocenters. The van der Waals surface area contributed by atoms with E-state index in [-0.39, 0.29) is 22.7 Å². The van der Waals surface area contributed by atoms with Gasteiger partial charge in [0.05, 0.1) is 4.92 Å². The molecule has 6 heteroatoms. The van der Waals surface area contributed by atoms with Crippen LogP contribution in [0.25, 0.3) is 0 Å². The number of hydrogen-bond acceptors (Lipinski definition) is 4. The van der Waals surface area contributed by atoms with Gasteiger partial charge in [0.1, 0.15) is 5.69 Å². The Bertz CT molecular complexity index is 524. The molecule has 21 heavy (non-hydrogen) atoms. The lowest BCUT2D eigenvalue weighted by Gasteiger charge is -2.33. The number of nitro groups is 1. The highest BCUT2D eigenvalue weighted by atomic mass is 16.6. The van der Waals surface area contributed by atoms with Crippen LogP contribution in [0.2, 0.25) is 0 Å². The topological polar surface area (TPSA) is 73.0 Å². The van der Waals surface area contributed by atoms with E-state index in [1.807, 2.05) is 13.8 Å². The average molecular weight is 294 g/mol. The van der Waals surface area contributed by atoms with Crippen LogP contribution in [0, 0.1) is 28.9 Å². The Balaban J connectivity index is 2.31. The van der Waals surface area contributed by atoms with Gasteiger partial charge in [0.25, 0.3) is 0 Å². The summed E-state index contributed by atoms with van der Waals surface area (Å²) in [6.45, 7) is 10.2. The summed E-state index contributed by atoms with van der Waals surface area (Å²) < 4.78 is 1.75. The van der Waals surface area contributed by atoms with Crippen molar-refractivity contribution in [2.24, 2.45) is 11.8 Å². The van der Waals surface area contributed by atoms with Gasteiger partial charge in [0.15, 0.2) is 0 Å². The summed E-state index contributed by atoms with van der Waals surface area (Å²) in [6.07, 6.45) is 3.40. The molecule has 6 nitrogen and oxygen atoms in total. The van der Waals surface area contributed by atoms with Gasteiger partial charge in [0, 0.05) is 12.1 Å². The van der Waals surface area contributed by atoms with Crippen molar-refractivity contribution in [2.45, 2.75) is 66.0 Å². The fourth-order valence-electron chi connectivity index (χ4n) is 3.32. The highest BCUT2D eigenvalue weighted by molar-refractivity contribution is 5.60. The van der Waals surface area contributed by atoms with E-state index >= 15 is 0 Å². The lowest BCUT2D eigenvalue weighted by Crippen LogP contribution is -2.34. The molecule has 0 aromatic carbocycles. The van der Waals surface area contributed by atoms with Crippen LogP contribution in [0.5, 0.6) is 0 Å². The minimum Gasteiger partial charge on any atom is -0.362 e. The van der Waals surface area contributed by atoms with E-state index in [9.17, 15) is 10.1 Å². The first-order chi connectivity index (χ1) is 9.81. The molecular weight excluding hydrogens is 268 g/mol. The monoisotopic (exact) mass is 294 g/mol. The Kier molecular flexibility index (Phi) is 4.54. The highest BCUT2D eigenvalue weighted by Gasteiger charge is 2.31. The number of nitrogens with zero attached hydrogens (tertiary/aromatic N) is 3. The smallest absolute Gasteiger partial charge is 0.333 e. The minimum absolute atomic E-state index is 0.0951. The van der Waals surface area contributed by atoms with E-state index in [1.165, 1.54) is 12.8 Å². The Morgan fingerprint density at radius 1 is 1.38 bits per heavy atom. The molecule has 0 amide bonds. The highest BCUT2D eigenvalue weighted by Crippen LogP contribution is 2.35. The van der Waals surface area contributed by atoms with Crippen molar-refractivity contribution in [1.29, 1.82) is 0 Å². The first kappa shape index (κ1) is 15.8. The maximum atomic E-state index is 11.4. The van der Waals surface area contributed by atoms with Crippen molar-refractivity contribution in [3.63, 3.8) is 0 Å². The molecule has 118 valence electrons. The Morgan fingerprint density at radius 2 is 2.05 bits per heavy atom. The fraction of sp³-hybridized carbons (Fsp3) is 0.800. The lowest BCUT2D eigenvalue weighted by atomic mass is 9.80. The molecule has 1 N–H and O–H groups in total. The molecule has 3 atom stereocenters. The Labute approximate surface area is 126 Å². The molecule has 1 saturated carbocycles. The Hall–Kier alpha value is -1.59. The minimum atomic E-state index is -0.320. The summed E-state index contributed by atoms with van der Waals surface area (Å²) in [4.78, 5) is 11.0. The number of aryl methyl sites for hydroxylation is 1. The summed E-state index contributed by atoms with van der Waals surface area (Å²) in [5.41, 5.74) is 0.600. The van der Waals surface area contributed by atoms with Crippen molar-refractivity contribution in [3.05, 3.63) is 15.8 Å². The molecule has 1 aliphatic carbocycles. The molecule has 1 aromatic rings. The van der Waals surface area contributed by atoms with Crippen molar-refractivity contribution >= 4 is 11.5 Å². The molecule has 0 aliphatic heterocycles. The predicted octanol–water partition coefficient (Wildman–Crippen LogP) is 3.92. The molecular formula is C15H26N4O2. The SMILES string of the molecule is Cc1nn(C(C)C)c(NC2CCC(C)CC2C)c1[N+](=O)[O-]. The van der Waals surface area contributed by atoms with Crippen LogP contribution in [-0.4, -0.2) is 20.7 Å². The van der Waals surface area contributed by atoms with Gasteiger partial charge in [-0.1, -0.05) is 13.8 Å². The maximum absolute atomic E-state index is 11.4. The molecule has 0 bridgehead atoms. The van der Waals surface area contributed by atoms with Gasteiger partial charge in [-0.25, -0.2) is 4.68 Å². The van der Waals surface area contributed by atoms with E-state index in [4.69, 9.17) is 0 Å². The third-order valence-electron chi connectivity index (χ3n) is 4.48. The number of rotatable bonds is 4. The lowest BCUT2D eigenvalue weighted by molar-refractivity contribution is -0.384. The van der Waals surface area contributed by atoms with E-state index in [0.29, 0.717) is 17.4 Å². The van der Waals surface area contributed by atoms with E-state index in [1.54, 1.807) is 11.6 Å². The van der Waals surface area contributed by atoms with Crippen molar-refractivity contribution in [3.8, 4) is 0 Å². The van der Waals surface area contributed by atoms with Crippen LogP contribution in [0.1, 0.15) is 58.7 Å². The second kappa shape index (κ2) is 6.03. The van der Waals surface area contributed by atoms with Gasteiger partial charge >= 0.3 is 5.69 Å². The number of anilines is 1. The zero-order valence-electron chi connectivity index (χ0n) is 13.6. The third kappa shape index (κ3) is 3.19. The number of hydrogen-bond donors (Lipinski definition) is 1. The summed E-state index contributed by atoms with van der Waals surface area (Å²) in [5, 5.41) is 19.1. The molecule has 1 heterocycles. The number of nitrogens with one attached hydrogen (secondary N) is 1. The van der Waals surface area contributed by atoms with Crippen LogP contribution >= 0.6 is 0 Å². The zero-order chi connectivity index (χ0) is 15.7. The van der Waals surface area contributed by atoms with Crippen molar-refractivity contribution in [2.75, 3.05) is 5.32 Å². The summed E-state index contributed by atoms with van der Waals surface area (Å²) in [7, 11) is 0. The molecule has 0 spiro atoms. The van der Waals surface area contributed by atoms with Crippen LogP contribution < -0.4 is 5.32 Å². The zero-order valence-corrected chi connectivity index (χ0v) is 13.6. The van der Waals surface area contributed by atoms with Crippen LogP contribution in [0.15, 0.2) is 0 Å². The van der Waals surface area contributed by atoms with Crippen LogP contribution in [-0.2, 0) is 0 Å². The quantitative estimate of drug-likeness (QED) is 0.674. The largest absolute Gasteiger partial charge is 0.362 e. The molecule has 1 aromatic heterocycles. The van der Waals surface area contributed by atoms with Crippen LogP contribution in [0.3, 0.4) is 0 Å². The van der Waals surface area contributed by atoms with E-state index in [0.717, 1.165) is 12.3 Å². The number of aromatic nitrogens is 2. The average Bonchev–Trinajstić information content (AvgIpc) is 2.70. The van der Waals surface area contributed by atoms with Gasteiger partial charge in [0.2, 0.25) is 5.82 Å². The third-order valence-corrected chi connectivity index (χ3v) is 4.48. The molecule has 1 fully saturated rings. The molecule has 0 radical (unpaired) electrons. The molecule has 0 saturated heterocycles. The summed E-state index contributed by atoms with van der Waals surface area (Å²) in [6, 6.07) is 0.381. The van der Waals surface area contributed by atoms with Crippen LogP contribution in [0.4, 0.5) is 11.5 Å². The van der Waals surface area contributed by atoms with Crippen molar-refractivity contribution in [1.82, 2.24) is 9.78 Å². The molecule has 1 aliphatic rings. The first-order valence-electron chi connectivity index (χ1n) is 7.81. The standard InChI is InChI=1S/C15H26N4O2/c1-9(2)18-15(14(19(20)21)12(5)17-18)16-13-7-6-10(3)8-11(13)4/h9-11,13,16H,6-8H2,1-5H3. The van der Waals surface area contributed by atoms with Gasteiger partial charge < -0.3 is 5.32 Å². The maximum Gasteiger partial charge on any atom is 0.333 e. The second-order valence-electron chi connectivity index (χ2n) is 6.72. The summed E-state index contributed by atoms with van der Waals surface area (Å²) >= 11 is 0. The summed E-state index contributed by atoms with van der Waals surface area (Å²) in [5.74, 6) is 1.83. The second-order valence-corrected chi connectivity index (χ2v) is 6.72. The van der Waals surface area contributed by atoms with Gasteiger partial charge in [-0.2, -0.15) is 5.10 Å². The van der Waals surface area contributed by atoms with Gasteiger partial charge in [-0.3, -0.25) is 10.1 Å². The fourth-order valence-corrected chi connectivity index (χ4v) is 3.32. The van der Waals surface area contributed by atoms with E-state index < -0.39 is 0 Å². The Morgan fingerprint density at radius 3 is 2.57 bits per heavy atom. The molecule has 2 rings (SSSR count). The van der Waals surface area contributed by atoms with E-state index in [2.05, 4.69) is 24.3 Å². The van der Waals surface area contributed by atoms with Gasteiger partial charge in [-0.15, -0.1) is 0 Å². The predicted molar refractivity (Wildman–Crippen MR) is 83.6 cm³/mol. The first-order valence-corrected chi connectivity index (χ1v) is 7.81. The van der Waals surface area contributed by atoms with Gasteiger partial charge in [-0.05, 0) is 51.9 Å². The normalized spacial score (nSPS) is 26.1.